The lowest BCUT2D eigenvalue weighted by atomic mass is 9.82. The van der Waals surface area contributed by atoms with E-state index < -0.39 is 0 Å². The number of hydrogen-bond donors (Lipinski definition) is 1. The molecule has 0 unspecified atom stereocenters. The van der Waals surface area contributed by atoms with E-state index in [1.807, 2.05) is 11.9 Å². The first-order valence-electron chi connectivity index (χ1n) is 5.79. The summed E-state index contributed by atoms with van der Waals surface area (Å²) in [6.07, 6.45) is 5.51. The van der Waals surface area contributed by atoms with E-state index in [1.54, 1.807) is 0 Å². The summed E-state index contributed by atoms with van der Waals surface area (Å²) in [6.45, 7) is 0. The van der Waals surface area contributed by atoms with Crippen LogP contribution in [0.4, 0.5) is 4.79 Å². The fraction of sp³-hybridized carbons (Fsp3) is 0.909. The van der Waals surface area contributed by atoms with Crippen molar-refractivity contribution < 1.29 is 9.53 Å². The van der Waals surface area contributed by atoms with E-state index in [0.717, 1.165) is 25.7 Å². The molecule has 2 rings (SSSR count). The Morgan fingerprint density at radius 1 is 1.33 bits per heavy atom. The molecule has 0 aromatic carbocycles. The highest BCUT2D eigenvalue weighted by molar-refractivity contribution is 5.68. The lowest BCUT2D eigenvalue weighted by Gasteiger charge is -2.47. The van der Waals surface area contributed by atoms with Gasteiger partial charge in [0.25, 0.3) is 0 Å². The number of fused-ring (bicyclic) bond motifs is 2. The van der Waals surface area contributed by atoms with Gasteiger partial charge >= 0.3 is 6.09 Å². The van der Waals surface area contributed by atoms with Crippen molar-refractivity contribution in [1.29, 1.82) is 0 Å². The van der Waals surface area contributed by atoms with Crippen LogP contribution in [-0.4, -0.2) is 43.3 Å². The minimum absolute atomic E-state index is 0.140. The minimum Gasteiger partial charge on any atom is -0.453 e. The van der Waals surface area contributed by atoms with Crippen LogP contribution in [0.1, 0.15) is 32.1 Å². The molecule has 2 aliphatic rings. The van der Waals surface area contributed by atoms with Crippen molar-refractivity contribution in [2.75, 3.05) is 14.2 Å². The molecule has 2 atom stereocenters. The molecule has 0 aliphatic carbocycles. The first-order chi connectivity index (χ1) is 7.26. The Balaban J connectivity index is 2.10. The molecule has 2 bridgehead atoms. The molecule has 0 aromatic rings. The van der Waals surface area contributed by atoms with Gasteiger partial charge in [-0.05, 0) is 39.2 Å². The van der Waals surface area contributed by atoms with E-state index in [1.165, 1.54) is 13.5 Å². The number of piperidine rings is 2. The first kappa shape index (κ1) is 10.7. The Labute approximate surface area is 91.0 Å². The quantitative estimate of drug-likeness (QED) is 0.713. The van der Waals surface area contributed by atoms with Gasteiger partial charge in [0, 0.05) is 18.1 Å². The van der Waals surface area contributed by atoms with E-state index in [2.05, 4.69) is 5.32 Å². The number of nitrogens with one attached hydrogen (secondary N) is 1. The highest BCUT2D eigenvalue weighted by Gasteiger charge is 2.40. The number of rotatable bonds is 1. The summed E-state index contributed by atoms with van der Waals surface area (Å²) < 4.78 is 4.86. The van der Waals surface area contributed by atoms with Crippen LogP contribution in [-0.2, 0) is 4.74 Å². The zero-order valence-corrected chi connectivity index (χ0v) is 9.53. The van der Waals surface area contributed by atoms with Gasteiger partial charge in [0.2, 0.25) is 0 Å². The predicted molar refractivity (Wildman–Crippen MR) is 57.8 cm³/mol. The van der Waals surface area contributed by atoms with E-state index in [0.29, 0.717) is 18.1 Å². The van der Waals surface area contributed by atoms with E-state index in [9.17, 15) is 4.79 Å². The van der Waals surface area contributed by atoms with Gasteiger partial charge in [-0.2, -0.15) is 0 Å². The molecule has 2 aliphatic heterocycles. The molecule has 2 saturated heterocycles. The molecule has 4 nitrogen and oxygen atoms in total. The van der Waals surface area contributed by atoms with E-state index in [4.69, 9.17) is 4.74 Å². The van der Waals surface area contributed by atoms with Crippen LogP contribution in [0.15, 0.2) is 0 Å². The average molecular weight is 212 g/mol. The van der Waals surface area contributed by atoms with Crippen LogP contribution >= 0.6 is 0 Å². The topological polar surface area (TPSA) is 41.6 Å². The number of amides is 1. The van der Waals surface area contributed by atoms with Gasteiger partial charge < -0.3 is 15.0 Å². The SMILES string of the molecule is CNC1C[C@H]2CCC[C@H](C1)N2C(=O)OC. The molecule has 0 aromatic heterocycles. The maximum Gasteiger partial charge on any atom is 0.409 e. The van der Waals surface area contributed by atoms with Gasteiger partial charge in [0.1, 0.15) is 0 Å². The van der Waals surface area contributed by atoms with Gasteiger partial charge in [0.05, 0.1) is 7.11 Å². The van der Waals surface area contributed by atoms with Gasteiger partial charge in [-0.3, -0.25) is 0 Å². The molecule has 2 heterocycles. The molecular weight excluding hydrogens is 192 g/mol. The van der Waals surface area contributed by atoms with Crippen molar-refractivity contribution in [3.63, 3.8) is 0 Å². The molecule has 2 fully saturated rings. The number of carbonyl (C=O) groups excluding carboxylic acids is 1. The van der Waals surface area contributed by atoms with Crippen LogP contribution in [0.3, 0.4) is 0 Å². The zero-order chi connectivity index (χ0) is 10.8. The van der Waals surface area contributed by atoms with Crippen molar-refractivity contribution in [2.24, 2.45) is 0 Å². The largest absolute Gasteiger partial charge is 0.453 e. The van der Waals surface area contributed by atoms with Crippen LogP contribution in [0, 0.1) is 0 Å². The van der Waals surface area contributed by atoms with E-state index >= 15 is 0 Å². The van der Waals surface area contributed by atoms with Crippen molar-refractivity contribution in [1.82, 2.24) is 10.2 Å². The second-order valence-corrected chi connectivity index (χ2v) is 4.57. The van der Waals surface area contributed by atoms with Gasteiger partial charge in [0.15, 0.2) is 0 Å². The lowest BCUT2D eigenvalue weighted by molar-refractivity contribution is 0.0228. The Hall–Kier alpha value is -0.770. The molecule has 4 heteroatoms. The number of methoxy groups -OCH3 is 1. The third-order valence-corrected chi connectivity index (χ3v) is 3.77. The summed E-state index contributed by atoms with van der Waals surface area (Å²) in [7, 11) is 3.48. The fourth-order valence-electron chi connectivity index (χ4n) is 3.02. The standard InChI is InChI=1S/C11H20N2O2/c1-12-8-6-9-4-3-5-10(7-8)13(9)11(14)15-2/h8-10,12H,3-7H2,1-2H3/t9-,10-/m1/s1. The van der Waals surface area contributed by atoms with Crippen molar-refractivity contribution in [3.8, 4) is 0 Å². The van der Waals surface area contributed by atoms with Gasteiger partial charge in [-0.25, -0.2) is 4.79 Å². The summed E-state index contributed by atoms with van der Waals surface area (Å²) >= 11 is 0. The van der Waals surface area contributed by atoms with Crippen molar-refractivity contribution in [2.45, 2.75) is 50.2 Å². The zero-order valence-electron chi connectivity index (χ0n) is 9.53. The Kier molecular flexibility index (Phi) is 3.14. The maximum absolute atomic E-state index is 11.7. The Bertz CT molecular complexity index is 231. The molecule has 15 heavy (non-hydrogen) atoms. The maximum atomic E-state index is 11.7. The van der Waals surface area contributed by atoms with Gasteiger partial charge in [-0.15, -0.1) is 0 Å². The Morgan fingerprint density at radius 3 is 2.40 bits per heavy atom. The molecule has 0 radical (unpaired) electrons. The molecule has 0 saturated carbocycles. The minimum atomic E-state index is -0.140. The lowest BCUT2D eigenvalue weighted by Crippen LogP contribution is -2.57. The van der Waals surface area contributed by atoms with Crippen molar-refractivity contribution in [3.05, 3.63) is 0 Å². The summed E-state index contributed by atoms with van der Waals surface area (Å²) in [5, 5.41) is 3.33. The summed E-state index contributed by atoms with van der Waals surface area (Å²) in [5.41, 5.74) is 0. The van der Waals surface area contributed by atoms with E-state index in [-0.39, 0.29) is 6.09 Å². The smallest absolute Gasteiger partial charge is 0.409 e. The van der Waals surface area contributed by atoms with Gasteiger partial charge in [-0.1, -0.05) is 0 Å². The third-order valence-electron chi connectivity index (χ3n) is 3.77. The average Bonchev–Trinajstić information content (AvgIpc) is 2.26. The number of hydrogen-bond acceptors (Lipinski definition) is 3. The summed E-state index contributed by atoms with van der Waals surface area (Å²) in [4.78, 5) is 13.6. The van der Waals surface area contributed by atoms with Crippen molar-refractivity contribution >= 4 is 6.09 Å². The number of nitrogens with zero attached hydrogens (tertiary/aromatic N) is 1. The second-order valence-electron chi connectivity index (χ2n) is 4.57. The highest BCUT2D eigenvalue weighted by Crippen LogP contribution is 2.34. The number of carbonyl (C=O) groups is 1. The molecule has 0 spiro atoms. The highest BCUT2D eigenvalue weighted by atomic mass is 16.5. The van der Waals surface area contributed by atoms with Crippen LogP contribution in [0.2, 0.25) is 0 Å². The predicted octanol–water partition coefficient (Wildman–Crippen LogP) is 1.36. The monoisotopic (exact) mass is 212 g/mol. The fourth-order valence-corrected chi connectivity index (χ4v) is 3.02. The summed E-state index contributed by atoms with van der Waals surface area (Å²) in [5.74, 6) is 0. The van der Waals surface area contributed by atoms with Crippen LogP contribution in [0.25, 0.3) is 0 Å². The molecular formula is C11H20N2O2. The second kappa shape index (κ2) is 4.39. The summed E-state index contributed by atoms with van der Waals surface area (Å²) in [6, 6.07) is 1.35. The molecule has 1 amide bonds. The van der Waals surface area contributed by atoms with Crippen LogP contribution < -0.4 is 5.32 Å². The molecule has 86 valence electrons. The third kappa shape index (κ3) is 1.95. The Morgan fingerprint density at radius 2 is 1.93 bits per heavy atom. The normalized spacial score (nSPS) is 35.1. The molecule has 1 N–H and O–H groups in total. The van der Waals surface area contributed by atoms with Crippen LogP contribution in [0.5, 0.6) is 0 Å². The number of ether oxygens (including phenoxy) is 1. The first-order valence-corrected chi connectivity index (χ1v) is 5.79.